The Kier molecular flexibility index (Phi) is 6.25. The molecular formula is C16H22N4O3. The van der Waals surface area contributed by atoms with Gasteiger partial charge in [0.1, 0.15) is 0 Å². The third-order valence-corrected chi connectivity index (χ3v) is 3.45. The van der Waals surface area contributed by atoms with E-state index in [1.807, 2.05) is 19.1 Å². The topological polar surface area (TPSA) is 85.2 Å². The Bertz CT molecular complexity index is 727. The van der Waals surface area contributed by atoms with E-state index in [4.69, 9.17) is 4.74 Å². The molecule has 0 saturated carbocycles. The summed E-state index contributed by atoms with van der Waals surface area (Å²) in [6.07, 6.45) is 0. The summed E-state index contributed by atoms with van der Waals surface area (Å²) in [6.45, 7) is 4.85. The zero-order valence-electron chi connectivity index (χ0n) is 13.5. The van der Waals surface area contributed by atoms with Gasteiger partial charge in [0.15, 0.2) is 5.69 Å². The number of hydrogen-bond acceptors (Lipinski definition) is 5. The molecule has 124 valence electrons. The molecule has 0 fully saturated rings. The van der Waals surface area contributed by atoms with Gasteiger partial charge in [-0.1, -0.05) is 12.1 Å². The molecule has 0 saturated heterocycles. The number of para-hydroxylation sites is 1. The molecule has 1 heterocycles. The molecule has 0 unspecified atom stereocenters. The minimum atomic E-state index is -0.448. The average Bonchev–Trinajstić information content (AvgIpc) is 2.58. The minimum Gasteiger partial charge on any atom is -0.383 e. The summed E-state index contributed by atoms with van der Waals surface area (Å²) >= 11 is 0. The van der Waals surface area contributed by atoms with Gasteiger partial charge in [0.25, 0.3) is 5.91 Å². The second-order valence-electron chi connectivity index (χ2n) is 5.01. The van der Waals surface area contributed by atoms with Gasteiger partial charge in [-0.15, -0.1) is 0 Å². The van der Waals surface area contributed by atoms with E-state index in [0.29, 0.717) is 38.2 Å². The van der Waals surface area contributed by atoms with E-state index >= 15 is 0 Å². The van der Waals surface area contributed by atoms with Crippen LogP contribution in [0.15, 0.2) is 29.1 Å². The first-order valence-electron chi connectivity index (χ1n) is 7.66. The number of nitrogens with one attached hydrogen (secondary N) is 2. The number of fused-ring (bicyclic) bond motifs is 1. The zero-order valence-corrected chi connectivity index (χ0v) is 13.5. The van der Waals surface area contributed by atoms with Crippen molar-refractivity contribution in [2.24, 2.45) is 0 Å². The summed E-state index contributed by atoms with van der Waals surface area (Å²) in [5.41, 5.74) is 0.329. The van der Waals surface area contributed by atoms with Crippen LogP contribution >= 0.6 is 0 Å². The summed E-state index contributed by atoms with van der Waals surface area (Å²) in [5.74, 6) is -0.448. The molecule has 2 N–H and O–H groups in total. The van der Waals surface area contributed by atoms with Crippen LogP contribution in [0.1, 0.15) is 17.4 Å². The highest BCUT2D eigenvalue weighted by Gasteiger charge is 2.16. The molecule has 0 aliphatic heterocycles. The molecule has 2 rings (SSSR count). The number of rotatable bonds is 8. The van der Waals surface area contributed by atoms with E-state index in [1.165, 1.54) is 0 Å². The second-order valence-corrected chi connectivity index (χ2v) is 5.01. The Labute approximate surface area is 134 Å². The molecule has 23 heavy (non-hydrogen) atoms. The lowest BCUT2D eigenvalue weighted by molar-refractivity contribution is 0.0945. The molecule has 7 nitrogen and oxygen atoms in total. The Hall–Kier alpha value is -2.25. The second kappa shape index (κ2) is 8.40. The molecule has 0 aliphatic rings. The highest BCUT2D eigenvalue weighted by molar-refractivity contribution is 5.95. The predicted molar refractivity (Wildman–Crippen MR) is 88.8 cm³/mol. The van der Waals surface area contributed by atoms with Gasteiger partial charge >= 0.3 is 0 Å². The molecule has 0 spiro atoms. The van der Waals surface area contributed by atoms with Gasteiger partial charge in [-0.3, -0.25) is 14.3 Å². The first-order chi connectivity index (χ1) is 11.2. The van der Waals surface area contributed by atoms with Gasteiger partial charge in [0, 0.05) is 38.7 Å². The highest BCUT2D eigenvalue weighted by atomic mass is 16.5. The van der Waals surface area contributed by atoms with Crippen LogP contribution in [0.25, 0.3) is 10.9 Å². The molecular weight excluding hydrogens is 296 g/mol. The van der Waals surface area contributed by atoms with E-state index in [2.05, 4.69) is 15.7 Å². The number of hydrogen-bond donors (Lipinski definition) is 2. The number of aryl methyl sites for hydroxylation is 1. The first kappa shape index (κ1) is 17.1. The third kappa shape index (κ3) is 4.14. The van der Waals surface area contributed by atoms with Crippen molar-refractivity contribution in [2.75, 3.05) is 33.4 Å². The van der Waals surface area contributed by atoms with Crippen molar-refractivity contribution in [3.63, 3.8) is 0 Å². The fourth-order valence-corrected chi connectivity index (χ4v) is 2.28. The van der Waals surface area contributed by atoms with Crippen LogP contribution < -0.4 is 16.1 Å². The van der Waals surface area contributed by atoms with Gasteiger partial charge in [0.05, 0.1) is 12.1 Å². The van der Waals surface area contributed by atoms with Crippen molar-refractivity contribution in [2.45, 2.75) is 13.5 Å². The molecule has 1 aromatic carbocycles. The van der Waals surface area contributed by atoms with Crippen LogP contribution in [0.3, 0.4) is 0 Å². The normalized spacial score (nSPS) is 10.9. The molecule has 0 atom stereocenters. The monoisotopic (exact) mass is 318 g/mol. The van der Waals surface area contributed by atoms with Crippen molar-refractivity contribution in [1.29, 1.82) is 0 Å². The maximum absolute atomic E-state index is 12.4. The minimum absolute atomic E-state index is 0.0672. The van der Waals surface area contributed by atoms with Crippen LogP contribution in [-0.4, -0.2) is 49.0 Å². The number of carbonyl (C=O) groups excluding carboxylic acids is 1. The van der Waals surface area contributed by atoms with Gasteiger partial charge in [0.2, 0.25) is 5.43 Å². The Morgan fingerprint density at radius 3 is 2.78 bits per heavy atom. The van der Waals surface area contributed by atoms with Crippen molar-refractivity contribution in [1.82, 2.24) is 20.4 Å². The van der Waals surface area contributed by atoms with Crippen LogP contribution in [-0.2, 0) is 11.3 Å². The summed E-state index contributed by atoms with van der Waals surface area (Å²) < 4.78 is 6.59. The van der Waals surface area contributed by atoms with E-state index in [-0.39, 0.29) is 11.1 Å². The Morgan fingerprint density at radius 2 is 2.04 bits per heavy atom. The van der Waals surface area contributed by atoms with Crippen LogP contribution in [0.2, 0.25) is 0 Å². The maximum atomic E-state index is 12.4. The summed E-state index contributed by atoms with van der Waals surface area (Å²) in [4.78, 5) is 24.7. The van der Waals surface area contributed by atoms with Crippen LogP contribution in [0, 0.1) is 0 Å². The van der Waals surface area contributed by atoms with Crippen LogP contribution in [0.5, 0.6) is 0 Å². The van der Waals surface area contributed by atoms with Gasteiger partial charge in [-0.25, -0.2) is 0 Å². The number of ether oxygens (including phenoxy) is 1. The molecule has 1 aromatic heterocycles. The number of nitrogens with zero attached hydrogens (tertiary/aromatic N) is 2. The van der Waals surface area contributed by atoms with E-state index < -0.39 is 5.91 Å². The lowest BCUT2D eigenvalue weighted by atomic mass is 10.2. The SMILES string of the molecule is CCn1nc(C(=O)NCCNCCOC)c(=O)c2ccccc21. The lowest BCUT2D eigenvalue weighted by Crippen LogP contribution is -2.36. The molecule has 0 aliphatic carbocycles. The van der Waals surface area contributed by atoms with Gasteiger partial charge in [-0.05, 0) is 19.1 Å². The van der Waals surface area contributed by atoms with Gasteiger partial charge in [-0.2, -0.15) is 5.10 Å². The quantitative estimate of drug-likeness (QED) is 0.688. The molecule has 0 bridgehead atoms. The number of benzene rings is 1. The van der Waals surface area contributed by atoms with Crippen molar-refractivity contribution in [3.8, 4) is 0 Å². The molecule has 2 aromatic rings. The standard InChI is InChI=1S/C16H22N4O3/c1-3-20-13-7-5-4-6-12(13)15(21)14(19-20)16(22)18-9-8-17-10-11-23-2/h4-7,17H,3,8-11H2,1-2H3,(H,18,22). The summed E-state index contributed by atoms with van der Waals surface area (Å²) in [5, 5.41) is 10.5. The Balaban J connectivity index is 2.11. The molecule has 7 heteroatoms. The van der Waals surface area contributed by atoms with E-state index in [1.54, 1.807) is 23.9 Å². The highest BCUT2D eigenvalue weighted by Crippen LogP contribution is 2.09. The van der Waals surface area contributed by atoms with Gasteiger partial charge < -0.3 is 15.4 Å². The smallest absolute Gasteiger partial charge is 0.275 e. The lowest BCUT2D eigenvalue weighted by Gasteiger charge is -2.10. The third-order valence-electron chi connectivity index (χ3n) is 3.45. The first-order valence-corrected chi connectivity index (χ1v) is 7.66. The average molecular weight is 318 g/mol. The maximum Gasteiger partial charge on any atom is 0.275 e. The Morgan fingerprint density at radius 1 is 1.26 bits per heavy atom. The number of carbonyl (C=O) groups is 1. The summed E-state index contributed by atoms with van der Waals surface area (Å²) in [6, 6.07) is 7.18. The number of methoxy groups -OCH3 is 1. The van der Waals surface area contributed by atoms with Crippen molar-refractivity contribution < 1.29 is 9.53 Å². The molecule has 1 amide bonds. The number of amides is 1. The fourth-order valence-electron chi connectivity index (χ4n) is 2.28. The summed E-state index contributed by atoms with van der Waals surface area (Å²) in [7, 11) is 1.63. The fraction of sp³-hybridized carbons (Fsp3) is 0.438. The predicted octanol–water partition coefficient (Wildman–Crippen LogP) is 0.382. The van der Waals surface area contributed by atoms with Crippen LogP contribution in [0.4, 0.5) is 0 Å². The van der Waals surface area contributed by atoms with E-state index in [0.717, 1.165) is 5.52 Å². The zero-order chi connectivity index (χ0) is 16.7. The largest absolute Gasteiger partial charge is 0.383 e. The van der Waals surface area contributed by atoms with Crippen molar-refractivity contribution >= 4 is 16.8 Å². The van der Waals surface area contributed by atoms with E-state index in [9.17, 15) is 9.59 Å². The molecule has 0 radical (unpaired) electrons. The van der Waals surface area contributed by atoms with Crippen molar-refractivity contribution in [3.05, 3.63) is 40.2 Å². The number of aromatic nitrogens is 2.